The van der Waals surface area contributed by atoms with Crippen LogP contribution in [-0.4, -0.2) is 12.1 Å². The highest BCUT2D eigenvalue weighted by molar-refractivity contribution is 6.31. The summed E-state index contributed by atoms with van der Waals surface area (Å²) in [4.78, 5) is 0. The molecule has 1 rings (SSSR count). The van der Waals surface area contributed by atoms with Gasteiger partial charge in [0.1, 0.15) is 0 Å². The summed E-state index contributed by atoms with van der Waals surface area (Å²) in [5, 5.41) is 4.49. The van der Waals surface area contributed by atoms with Crippen LogP contribution in [0.2, 0.25) is 5.02 Å². The fraction of sp³-hybridized carbons (Fsp3) is 0.625. The molecule has 1 nitrogen and oxygen atoms in total. The molecular weight excluding hydrogens is 242 g/mol. The molecular formula is C16H26ClN. The molecule has 2 heteroatoms. The van der Waals surface area contributed by atoms with Gasteiger partial charge in [-0.1, -0.05) is 43.6 Å². The van der Waals surface area contributed by atoms with Crippen molar-refractivity contribution in [3.8, 4) is 0 Å². The quantitative estimate of drug-likeness (QED) is 0.826. The van der Waals surface area contributed by atoms with E-state index in [4.69, 9.17) is 11.6 Å². The van der Waals surface area contributed by atoms with E-state index >= 15 is 0 Å². The molecule has 0 aliphatic rings. The molecule has 1 atom stereocenters. The van der Waals surface area contributed by atoms with Crippen molar-refractivity contribution in [1.29, 1.82) is 0 Å². The van der Waals surface area contributed by atoms with Crippen molar-refractivity contribution >= 4 is 11.6 Å². The van der Waals surface area contributed by atoms with Gasteiger partial charge < -0.3 is 5.32 Å². The maximum atomic E-state index is 6.24. The van der Waals surface area contributed by atoms with Gasteiger partial charge in [-0.25, -0.2) is 0 Å². The average Bonchev–Trinajstić information content (AvgIpc) is 2.24. The Balaban J connectivity index is 2.67. The predicted octanol–water partition coefficient (Wildman–Crippen LogP) is 4.54. The fourth-order valence-corrected chi connectivity index (χ4v) is 2.14. The van der Waals surface area contributed by atoms with Gasteiger partial charge in [0, 0.05) is 10.6 Å². The monoisotopic (exact) mass is 267 g/mol. The third-order valence-electron chi connectivity index (χ3n) is 3.28. The first-order valence-electron chi connectivity index (χ1n) is 6.78. The molecule has 0 aromatic heterocycles. The smallest absolute Gasteiger partial charge is 0.0438 e. The van der Waals surface area contributed by atoms with Crippen molar-refractivity contribution in [2.24, 2.45) is 11.8 Å². The third kappa shape index (κ3) is 5.41. The van der Waals surface area contributed by atoms with Crippen molar-refractivity contribution < 1.29 is 0 Å². The van der Waals surface area contributed by atoms with Gasteiger partial charge in [-0.3, -0.25) is 0 Å². The molecule has 1 aromatic rings. The number of hydrogen-bond donors (Lipinski definition) is 1. The Labute approximate surface area is 117 Å². The molecule has 0 bridgehead atoms. The van der Waals surface area contributed by atoms with E-state index in [0.29, 0.717) is 11.8 Å². The first-order chi connectivity index (χ1) is 8.29. The van der Waals surface area contributed by atoms with Gasteiger partial charge in [-0.05, 0) is 57.2 Å². The molecule has 102 valence electrons. The lowest BCUT2D eigenvalue weighted by Gasteiger charge is -2.28. The maximum Gasteiger partial charge on any atom is 0.0438 e. The lowest BCUT2D eigenvalue weighted by atomic mass is 9.88. The van der Waals surface area contributed by atoms with E-state index in [2.05, 4.69) is 52.1 Å². The molecule has 0 amide bonds. The van der Waals surface area contributed by atoms with Crippen LogP contribution in [0.15, 0.2) is 24.3 Å². The van der Waals surface area contributed by atoms with Crippen LogP contribution in [0, 0.1) is 11.8 Å². The molecule has 0 saturated heterocycles. The van der Waals surface area contributed by atoms with E-state index in [1.54, 1.807) is 0 Å². The van der Waals surface area contributed by atoms with Gasteiger partial charge in [0.2, 0.25) is 0 Å². The molecule has 0 aliphatic carbocycles. The molecule has 0 saturated carbocycles. The summed E-state index contributed by atoms with van der Waals surface area (Å²) < 4.78 is 0. The Kier molecular flexibility index (Phi) is 5.68. The van der Waals surface area contributed by atoms with Crippen LogP contribution in [0.1, 0.15) is 40.2 Å². The molecule has 1 unspecified atom stereocenters. The second-order valence-electron chi connectivity index (χ2n) is 6.43. The minimum atomic E-state index is 0.174. The maximum absolute atomic E-state index is 6.24. The van der Waals surface area contributed by atoms with Crippen molar-refractivity contribution in [3.05, 3.63) is 34.9 Å². The van der Waals surface area contributed by atoms with Crippen LogP contribution in [0.5, 0.6) is 0 Å². The molecule has 0 fully saturated rings. The van der Waals surface area contributed by atoms with E-state index in [9.17, 15) is 0 Å². The van der Waals surface area contributed by atoms with Gasteiger partial charge in [0.15, 0.2) is 0 Å². The van der Waals surface area contributed by atoms with Crippen LogP contribution in [-0.2, 0) is 6.42 Å². The van der Waals surface area contributed by atoms with Gasteiger partial charge >= 0.3 is 0 Å². The second-order valence-corrected chi connectivity index (χ2v) is 6.84. The third-order valence-corrected chi connectivity index (χ3v) is 3.65. The first kappa shape index (κ1) is 15.5. The van der Waals surface area contributed by atoms with Crippen LogP contribution < -0.4 is 5.32 Å². The van der Waals surface area contributed by atoms with Crippen LogP contribution in [0.4, 0.5) is 0 Å². The van der Waals surface area contributed by atoms with Crippen LogP contribution in [0.3, 0.4) is 0 Å². The van der Waals surface area contributed by atoms with Gasteiger partial charge in [-0.2, -0.15) is 0 Å². The summed E-state index contributed by atoms with van der Waals surface area (Å²) >= 11 is 6.24. The van der Waals surface area contributed by atoms with Crippen LogP contribution >= 0.6 is 11.6 Å². The Hall–Kier alpha value is -0.530. The highest BCUT2D eigenvalue weighted by Crippen LogP contribution is 2.23. The summed E-state index contributed by atoms with van der Waals surface area (Å²) in [6.45, 7) is 12.2. The molecule has 0 radical (unpaired) electrons. The summed E-state index contributed by atoms with van der Waals surface area (Å²) in [7, 11) is 0. The average molecular weight is 268 g/mol. The van der Waals surface area contributed by atoms with E-state index in [1.165, 1.54) is 5.56 Å². The van der Waals surface area contributed by atoms with Crippen molar-refractivity contribution in [1.82, 2.24) is 5.32 Å². The lowest BCUT2D eigenvalue weighted by molar-refractivity contribution is 0.312. The standard InChI is InChI=1S/C16H26ClN/c1-12(2)14(11-18-16(3,4)5)10-13-8-6-7-9-15(13)17/h6-9,12,14,18H,10-11H2,1-5H3. The molecule has 1 aromatic carbocycles. The molecule has 18 heavy (non-hydrogen) atoms. The summed E-state index contributed by atoms with van der Waals surface area (Å²) in [6.07, 6.45) is 1.04. The molecule has 0 aliphatic heterocycles. The van der Waals surface area contributed by atoms with E-state index in [1.807, 2.05) is 12.1 Å². The van der Waals surface area contributed by atoms with Crippen LogP contribution in [0.25, 0.3) is 0 Å². The Morgan fingerprint density at radius 3 is 2.28 bits per heavy atom. The Bertz CT molecular complexity index is 366. The second kappa shape index (κ2) is 6.58. The first-order valence-corrected chi connectivity index (χ1v) is 7.16. The molecule has 1 N–H and O–H groups in total. The zero-order valence-corrected chi connectivity index (χ0v) is 13.0. The predicted molar refractivity (Wildman–Crippen MR) is 81.2 cm³/mol. The minimum absolute atomic E-state index is 0.174. The number of benzene rings is 1. The number of nitrogens with one attached hydrogen (secondary N) is 1. The zero-order valence-electron chi connectivity index (χ0n) is 12.3. The summed E-state index contributed by atoms with van der Waals surface area (Å²) in [5.74, 6) is 1.26. The van der Waals surface area contributed by atoms with E-state index in [0.717, 1.165) is 18.0 Å². The summed E-state index contributed by atoms with van der Waals surface area (Å²) in [6, 6.07) is 8.17. The zero-order chi connectivity index (χ0) is 13.8. The van der Waals surface area contributed by atoms with E-state index in [-0.39, 0.29) is 5.54 Å². The normalized spacial score (nSPS) is 13.9. The fourth-order valence-electron chi connectivity index (χ4n) is 1.93. The highest BCUT2D eigenvalue weighted by atomic mass is 35.5. The van der Waals surface area contributed by atoms with Gasteiger partial charge in [0.25, 0.3) is 0 Å². The SMILES string of the molecule is CC(C)C(CNC(C)(C)C)Cc1ccccc1Cl. The summed E-state index contributed by atoms with van der Waals surface area (Å²) in [5.41, 5.74) is 1.43. The number of rotatable bonds is 5. The van der Waals surface area contributed by atoms with Gasteiger partial charge in [0.05, 0.1) is 0 Å². The molecule has 0 spiro atoms. The van der Waals surface area contributed by atoms with Crippen molar-refractivity contribution in [2.45, 2.75) is 46.6 Å². The topological polar surface area (TPSA) is 12.0 Å². The van der Waals surface area contributed by atoms with Crippen molar-refractivity contribution in [2.75, 3.05) is 6.54 Å². The molecule has 0 heterocycles. The number of halogens is 1. The Morgan fingerprint density at radius 2 is 1.78 bits per heavy atom. The van der Waals surface area contributed by atoms with Gasteiger partial charge in [-0.15, -0.1) is 0 Å². The van der Waals surface area contributed by atoms with E-state index < -0.39 is 0 Å². The minimum Gasteiger partial charge on any atom is -0.312 e. The largest absolute Gasteiger partial charge is 0.312 e. The van der Waals surface area contributed by atoms with Crippen molar-refractivity contribution in [3.63, 3.8) is 0 Å². The lowest BCUT2D eigenvalue weighted by Crippen LogP contribution is -2.40. The highest BCUT2D eigenvalue weighted by Gasteiger charge is 2.18. The number of hydrogen-bond acceptors (Lipinski definition) is 1. The Morgan fingerprint density at radius 1 is 1.17 bits per heavy atom.